The van der Waals surface area contributed by atoms with Crippen LogP contribution in [0.5, 0.6) is 0 Å². The summed E-state index contributed by atoms with van der Waals surface area (Å²) in [7, 11) is 1.50. The van der Waals surface area contributed by atoms with Crippen LogP contribution in [0.4, 0.5) is 0 Å². The molecule has 2 amide bonds. The third-order valence-electron chi connectivity index (χ3n) is 5.68. The molecule has 1 heterocycles. The Morgan fingerprint density at radius 3 is 2.09 bits per heavy atom. The summed E-state index contributed by atoms with van der Waals surface area (Å²) < 4.78 is 1.09. The summed E-state index contributed by atoms with van der Waals surface area (Å²) in [6.07, 6.45) is 0.683. The molecule has 0 radical (unpaired) electrons. The van der Waals surface area contributed by atoms with Crippen LogP contribution in [0, 0.1) is 0 Å². The highest BCUT2D eigenvalue weighted by Gasteiger charge is 2.20. The first-order chi connectivity index (χ1) is 16.6. The summed E-state index contributed by atoms with van der Waals surface area (Å²) in [5.74, 6) is -0.657. The van der Waals surface area contributed by atoms with Crippen LogP contribution < -0.4 is 10.9 Å². The van der Waals surface area contributed by atoms with E-state index in [0.29, 0.717) is 30.3 Å². The number of rotatable bonds is 8. The summed E-state index contributed by atoms with van der Waals surface area (Å²) in [5, 5.41) is 7.63. The summed E-state index contributed by atoms with van der Waals surface area (Å²) >= 11 is 0. The van der Waals surface area contributed by atoms with Crippen LogP contribution in [0.1, 0.15) is 21.6 Å². The second-order valence-corrected chi connectivity index (χ2v) is 7.97. The van der Waals surface area contributed by atoms with Crippen molar-refractivity contribution in [3.63, 3.8) is 0 Å². The van der Waals surface area contributed by atoms with Gasteiger partial charge in [-0.25, -0.2) is 4.68 Å². The monoisotopic (exact) mass is 454 g/mol. The number of benzene rings is 3. The Morgan fingerprint density at radius 1 is 0.853 bits per heavy atom. The molecule has 0 atom stereocenters. The van der Waals surface area contributed by atoms with Crippen LogP contribution in [0.25, 0.3) is 10.8 Å². The van der Waals surface area contributed by atoms with E-state index >= 15 is 0 Å². The molecule has 0 aliphatic carbocycles. The minimum atomic E-state index is -0.414. The SMILES string of the molecule is CNC(=O)c1nn(CC(=O)N(CCc2ccccc2)Cc2ccccc2)c(=O)c2ccccc12. The number of hydrogen-bond acceptors (Lipinski definition) is 4. The van der Waals surface area contributed by atoms with E-state index < -0.39 is 11.5 Å². The van der Waals surface area contributed by atoms with Crippen molar-refractivity contribution < 1.29 is 9.59 Å². The lowest BCUT2D eigenvalue weighted by atomic mass is 10.1. The summed E-state index contributed by atoms with van der Waals surface area (Å²) in [5.41, 5.74) is 1.83. The highest BCUT2D eigenvalue weighted by Crippen LogP contribution is 2.14. The zero-order valence-electron chi connectivity index (χ0n) is 19.0. The third-order valence-corrected chi connectivity index (χ3v) is 5.68. The van der Waals surface area contributed by atoms with Gasteiger partial charge in [-0.2, -0.15) is 5.10 Å². The van der Waals surface area contributed by atoms with Crippen molar-refractivity contribution in [1.29, 1.82) is 0 Å². The van der Waals surface area contributed by atoms with Gasteiger partial charge >= 0.3 is 0 Å². The van der Waals surface area contributed by atoms with Crippen LogP contribution in [-0.2, 0) is 24.3 Å². The third kappa shape index (κ3) is 5.20. The van der Waals surface area contributed by atoms with Crippen molar-refractivity contribution in [2.45, 2.75) is 19.5 Å². The Kier molecular flexibility index (Phi) is 7.13. The molecule has 0 spiro atoms. The second kappa shape index (κ2) is 10.6. The number of amides is 2. The van der Waals surface area contributed by atoms with Crippen LogP contribution in [0.15, 0.2) is 89.7 Å². The van der Waals surface area contributed by atoms with Gasteiger partial charge in [0.1, 0.15) is 6.54 Å². The Labute approximate surface area is 197 Å². The van der Waals surface area contributed by atoms with Crippen molar-refractivity contribution in [3.8, 4) is 0 Å². The Morgan fingerprint density at radius 2 is 1.44 bits per heavy atom. The number of aromatic nitrogens is 2. The average Bonchev–Trinajstić information content (AvgIpc) is 2.89. The first-order valence-corrected chi connectivity index (χ1v) is 11.1. The maximum Gasteiger partial charge on any atom is 0.275 e. The number of nitrogens with one attached hydrogen (secondary N) is 1. The summed E-state index contributed by atoms with van der Waals surface area (Å²) in [4.78, 5) is 40.6. The van der Waals surface area contributed by atoms with Crippen molar-refractivity contribution in [3.05, 3.63) is 112 Å². The first kappa shape index (κ1) is 22.9. The van der Waals surface area contributed by atoms with Gasteiger partial charge in [0.05, 0.1) is 5.39 Å². The lowest BCUT2D eigenvalue weighted by molar-refractivity contribution is -0.132. The predicted octanol–water partition coefficient (Wildman–Crippen LogP) is 3.03. The van der Waals surface area contributed by atoms with Crippen molar-refractivity contribution >= 4 is 22.6 Å². The lowest BCUT2D eigenvalue weighted by Gasteiger charge is -2.23. The Bertz CT molecular complexity index is 1350. The normalized spacial score (nSPS) is 10.7. The van der Waals surface area contributed by atoms with Gasteiger partial charge in [-0.1, -0.05) is 78.9 Å². The van der Waals surface area contributed by atoms with E-state index in [-0.39, 0.29) is 18.1 Å². The molecular formula is C27H26N4O3. The van der Waals surface area contributed by atoms with E-state index in [4.69, 9.17) is 0 Å². The zero-order chi connectivity index (χ0) is 23.9. The van der Waals surface area contributed by atoms with Crippen LogP contribution >= 0.6 is 0 Å². The highest BCUT2D eigenvalue weighted by molar-refractivity contribution is 6.04. The minimum absolute atomic E-state index is 0.115. The molecule has 7 nitrogen and oxygen atoms in total. The van der Waals surface area contributed by atoms with Crippen LogP contribution in [-0.4, -0.2) is 40.1 Å². The van der Waals surface area contributed by atoms with E-state index in [0.717, 1.165) is 15.8 Å². The van der Waals surface area contributed by atoms with Gasteiger partial charge in [0.25, 0.3) is 11.5 Å². The lowest BCUT2D eigenvalue weighted by Crippen LogP contribution is -2.39. The van der Waals surface area contributed by atoms with Crippen LogP contribution in [0.2, 0.25) is 0 Å². The fraction of sp³-hybridized carbons (Fsp3) is 0.185. The maximum atomic E-state index is 13.4. The van der Waals surface area contributed by atoms with Gasteiger partial charge in [0.15, 0.2) is 5.69 Å². The summed E-state index contributed by atoms with van der Waals surface area (Å²) in [6.45, 7) is 0.648. The molecule has 0 bridgehead atoms. The number of nitrogens with zero attached hydrogens (tertiary/aromatic N) is 3. The van der Waals surface area contributed by atoms with Gasteiger partial charge < -0.3 is 10.2 Å². The molecule has 0 fully saturated rings. The molecular weight excluding hydrogens is 428 g/mol. The molecule has 4 rings (SSSR count). The molecule has 0 aliphatic heterocycles. The van der Waals surface area contributed by atoms with Gasteiger partial charge in [-0.15, -0.1) is 0 Å². The minimum Gasteiger partial charge on any atom is -0.354 e. The van der Waals surface area contributed by atoms with E-state index in [1.807, 2.05) is 60.7 Å². The maximum absolute atomic E-state index is 13.4. The molecule has 172 valence electrons. The summed E-state index contributed by atoms with van der Waals surface area (Å²) in [6, 6.07) is 26.5. The number of carbonyl (C=O) groups excluding carboxylic acids is 2. The average molecular weight is 455 g/mol. The van der Waals surface area contributed by atoms with Gasteiger partial charge in [0.2, 0.25) is 5.91 Å². The molecule has 1 N–H and O–H groups in total. The van der Waals surface area contributed by atoms with Crippen molar-refractivity contribution in [2.75, 3.05) is 13.6 Å². The molecule has 0 saturated heterocycles. The molecule has 0 unspecified atom stereocenters. The number of carbonyl (C=O) groups is 2. The topological polar surface area (TPSA) is 84.3 Å². The largest absolute Gasteiger partial charge is 0.354 e. The van der Waals surface area contributed by atoms with E-state index in [9.17, 15) is 14.4 Å². The van der Waals surface area contributed by atoms with E-state index in [1.165, 1.54) is 7.05 Å². The standard InChI is InChI=1S/C27H26N4O3/c1-28-26(33)25-22-14-8-9-15-23(22)27(34)31(29-25)19-24(32)30(18-21-12-6-3-7-13-21)17-16-20-10-4-2-5-11-20/h2-15H,16-19H2,1H3,(H,28,33). The van der Waals surface area contributed by atoms with Gasteiger partial charge in [0, 0.05) is 25.5 Å². The molecule has 0 saturated carbocycles. The highest BCUT2D eigenvalue weighted by atomic mass is 16.2. The van der Waals surface area contributed by atoms with Crippen molar-refractivity contribution in [1.82, 2.24) is 20.0 Å². The van der Waals surface area contributed by atoms with E-state index in [1.54, 1.807) is 29.2 Å². The van der Waals surface area contributed by atoms with Gasteiger partial charge in [-0.3, -0.25) is 14.4 Å². The Balaban J connectivity index is 1.64. The molecule has 1 aromatic heterocycles. The zero-order valence-corrected chi connectivity index (χ0v) is 19.0. The van der Waals surface area contributed by atoms with Crippen LogP contribution in [0.3, 0.4) is 0 Å². The number of fused-ring (bicyclic) bond motifs is 1. The Hall–Kier alpha value is -4.26. The molecule has 7 heteroatoms. The molecule has 4 aromatic rings. The molecule has 3 aromatic carbocycles. The quantitative estimate of drug-likeness (QED) is 0.444. The second-order valence-electron chi connectivity index (χ2n) is 7.97. The smallest absolute Gasteiger partial charge is 0.275 e. The fourth-order valence-corrected chi connectivity index (χ4v) is 3.86. The molecule has 34 heavy (non-hydrogen) atoms. The number of hydrogen-bond donors (Lipinski definition) is 1. The van der Waals surface area contributed by atoms with E-state index in [2.05, 4.69) is 10.4 Å². The predicted molar refractivity (Wildman–Crippen MR) is 131 cm³/mol. The van der Waals surface area contributed by atoms with Crippen molar-refractivity contribution in [2.24, 2.45) is 0 Å². The van der Waals surface area contributed by atoms with Gasteiger partial charge in [-0.05, 0) is 23.6 Å². The fourth-order valence-electron chi connectivity index (χ4n) is 3.86. The molecule has 0 aliphatic rings. The first-order valence-electron chi connectivity index (χ1n) is 11.1.